The maximum atomic E-state index is 14.4. The monoisotopic (exact) mass is 500 g/mol. The first-order valence-corrected chi connectivity index (χ1v) is 10.6. The molecule has 2 N–H and O–H groups in total. The van der Waals surface area contributed by atoms with Gasteiger partial charge in [0, 0.05) is 48.4 Å². The second-order valence-corrected chi connectivity index (χ2v) is 8.22. The summed E-state index contributed by atoms with van der Waals surface area (Å²) in [5.41, 5.74) is 0.603. The van der Waals surface area contributed by atoms with Crippen molar-refractivity contribution in [1.29, 1.82) is 0 Å². The van der Waals surface area contributed by atoms with E-state index in [4.69, 9.17) is 11.6 Å². The molecule has 0 bridgehead atoms. The van der Waals surface area contributed by atoms with E-state index in [0.717, 1.165) is 11.5 Å². The zero-order chi connectivity index (χ0) is 24.7. The van der Waals surface area contributed by atoms with Crippen LogP contribution in [-0.2, 0) is 20.0 Å². The number of fused-ring (bicyclic) bond motifs is 1. The first kappa shape index (κ1) is 22.6. The van der Waals surface area contributed by atoms with Crippen molar-refractivity contribution in [2.45, 2.75) is 13.0 Å². The van der Waals surface area contributed by atoms with Crippen LogP contribution in [0, 0.1) is 17.5 Å². The molecule has 0 aliphatic heterocycles. The standard InChI is InChI=1S/C22H16ClF3N8O/c1-33-7-12-3-19(14(23)5-18(12)32-33)29-22-30-21(35)13(4-20-27-10-28-31-20)9-34(22)8-11-2-16(25)17(26)6-15(11)24/h2-3,5-7,9-10H,4,8H2,1H3,(H,27,28,31)(H,29,30,35). The number of H-pyrrole nitrogens is 1. The molecule has 2 aromatic carbocycles. The lowest BCUT2D eigenvalue weighted by molar-refractivity contribution is 0.488. The number of benzene rings is 2. The highest BCUT2D eigenvalue weighted by Gasteiger charge is 2.16. The lowest BCUT2D eigenvalue weighted by Crippen LogP contribution is -2.22. The maximum absolute atomic E-state index is 14.4. The average molecular weight is 501 g/mol. The van der Waals surface area contributed by atoms with E-state index in [1.54, 1.807) is 30.1 Å². The van der Waals surface area contributed by atoms with Crippen LogP contribution in [0.15, 0.2) is 47.8 Å². The molecule has 0 unspecified atom stereocenters. The predicted octanol–water partition coefficient (Wildman–Crippen LogP) is 3.70. The minimum atomic E-state index is -1.30. The summed E-state index contributed by atoms with van der Waals surface area (Å²) in [6.07, 6.45) is 4.60. The zero-order valence-electron chi connectivity index (χ0n) is 18.1. The summed E-state index contributed by atoms with van der Waals surface area (Å²) < 4.78 is 44.7. The summed E-state index contributed by atoms with van der Waals surface area (Å²) in [4.78, 5) is 20.9. The molecule has 0 amide bonds. The number of halogens is 4. The molecule has 0 aliphatic rings. The summed E-state index contributed by atoms with van der Waals surface area (Å²) in [5, 5.41) is 14.8. The van der Waals surface area contributed by atoms with E-state index < -0.39 is 23.0 Å². The fourth-order valence-electron chi connectivity index (χ4n) is 3.63. The summed E-state index contributed by atoms with van der Waals surface area (Å²) in [5.74, 6) is -3.01. The van der Waals surface area contributed by atoms with Gasteiger partial charge in [0.1, 0.15) is 18.0 Å². The molecule has 0 radical (unpaired) electrons. The average Bonchev–Trinajstić information content (AvgIpc) is 3.43. The van der Waals surface area contributed by atoms with Gasteiger partial charge in [-0.25, -0.2) is 18.2 Å². The van der Waals surface area contributed by atoms with Crippen LogP contribution in [0.4, 0.5) is 24.8 Å². The molecule has 5 aromatic rings. The molecular formula is C22H16ClF3N8O. The van der Waals surface area contributed by atoms with Gasteiger partial charge in [0.05, 0.1) is 22.8 Å². The highest BCUT2D eigenvalue weighted by Crippen LogP contribution is 2.30. The van der Waals surface area contributed by atoms with Crippen molar-refractivity contribution < 1.29 is 13.2 Å². The van der Waals surface area contributed by atoms with Gasteiger partial charge in [-0.2, -0.15) is 15.2 Å². The number of nitrogens with zero attached hydrogens (tertiary/aromatic N) is 6. The number of nitrogens with one attached hydrogen (secondary N) is 2. The highest BCUT2D eigenvalue weighted by molar-refractivity contribution is 6.34. The first-order valence-electron chi connectivity index (χ1n) is 10.2. The Hall–Kier alpha value is -4.19. The van der Waals surface area contributed by atoms with Gasteiger partial charge < -0.3 is 9.88 Å². The minimum Gasteiger partial charge on any atom is -0.324 e. The molecule has 3 heterocycles. The lowest BCUT2D eigenvalue weighted by atomic mass is 10.2. The van der Waals surface area contributed by atoms with Crippen LogP contribution in [0.2, 0.25) is 5.02 Å². The Kier molecular flexibility index (Phi) is 5.73. The van der Waals surface area contributed by atoms with Crippen molar-refractivity contribution in [2.75, 3.05) is 5.32 Å². The quantitative estimate of drug-likeness (QED) is 0.344. The Labute approximate surface area is 200 Å². The van der Waals surface area contributed by atoms with Crippen molar-refractivity contribution in [2.24, 2.45) is 7.05 Å². The first-order chi connectivity index (χ1) is 16.8. The van der Waals surface area contributed by atoms with E-state index in [-0.39, 0.29) is 30.0 Å². The smallest absolute Gasteiger partial charge is 0.278 e. The molecule has 0 saturated heterocycles. The minimum absolute atomic E-state index is 0.0191. The molecular weight excluding hydrogens is 485 g/mol. The van der Waals surface area contributed by atoms with Gasteiger partial charge >= 0.3 is 0 Å². The van der Waals surface area contributed by atoms with E-state index in [0.29, 0.717) is 28.1 Å². The van der Waals surface area contributed by atoms with Gasteiger partial charge in [-0.05, 0) is 18.2 Å². The Morgan fingerprint density at radius 2 is 1.86 bits per heavy atom. The fraction of sp³-hybridized carbons (Fsp3) is 0.136. The Morgan fingerprint density at radius 1 is 1.06 bits per heavy atom. The number of hydrogen-bond acceptors (Lipinski definition) is 6. The molecule has 3 aromatic heterocycles. The third-order valence-electron chi connectivity index (χ3n) is 5.27. The van der Waals surface area contributed by atoms with E-state index in [2.05, 4.69) is 30.6 Å². The molecule has 35 heavy (non-hydrogen) atoms. The largest absolute Gasteiger partial charge is 0.324 e. The predicted molar refractivity (Wildman–Crippen MR) is 122 cm³/mol. The molecule has 0 spiro atoms. The van der Waals surface area contributed by atoms with Crippen LogP contribution in [0.3, 0.4) is 0 Å². The normalized spacial score (nSPS) is 11.3. The number of anilines is 2. The van der Waals surface area contributed by atoms with E-state index in [1.165, 1.54) is 17.1 Å². The molecule has 0 saturated carbocycles. The second kappa shape index (κ2) is 8.87. The summed E-state index contributed by atoms with van der Waals surface area (Å²) in [6.45, 7) is -0.255. The summed E-state index contributed by atoms with van der Waals surface area (Å²) in [7, 11) is 1.77. The van der Waals surface area contributed by atoms with Crippen molar-refractivity contribution in [3.05, 3.63) is 92.8 Å². The van der Waals surface area contributed by atoms with Gasteiger partial charge in [0.2, 0.25) is 5.95 Å². The molecule has 9 nitrogen and oxygen atoms in total. The molecule has 13 heteroatoms. The molecule has 0 aliphatic carbocycles. The van der Waals surface area contributed by atoms with Crippen LogP contribution in [0.1, 0.15) is 17.0 Å². The molecule has 0 fully saturated rings. The van der Waals surface area contributed by atoms with Gasteiger partial charge in [-0.15, -0.1) is 0 Å². The molecule has 178 valence electrons. The van der Waals surface area contributed by atoms with Crippen LogP contribution < -0.4 is 10.9 Å². The van der Waals surface area contributed by atoms with E-state index >= 15 is 0 Å². The Balaban J connectivity index is 1.59. The van der Waals surface area contributed by atoms with Crippen LogP contribution in [0.5, 0.6) is 0 Å². The third kappa shape index (κ3) is 4.60. The Bertz CT molecular complexity index is 1610. The lowest BCUT2D eigenvalue weighted by Gasteiger charge is -2.17. The summed E-state index contributed by atoms with van der Waals surface area (Å²) >= 11 is 6.41. The van der Waals surface area contributed by atoms with Crippen molar-refractivity contribution >= 4 is 34.1 Å². The number of aromatic nitrogens is 7. The third-order valence-corrected chi connectivity index (χ3v) is 5.59. The molecule has 5 rings (SSSR count). The Morgan fingerprint density at radius 3 is 2.63 bits per heavy atom. The van der Waals surface area contributed by atoms with Crippen LogP contribution in [-0.4, -0.2) is 34.5 Å². The van der Waals surface area contributed by atoms with Crippen molar-refractivity contribution in [3.8, 4) is 0 Å². The number of aromatic amines is 1. The van der Waals surface area contributed by atoms with Crippen LogP contribution >= 0.6 is 11.6 Å². The number of hydrogen-bond donors (Lipinski definition) is 2. The second-order valence-electron chi connectivity index (χ2n) is 7.81. The van der Waals surface area contributed by atoms with Gasteiger partial charge in [0.25, 0.3) is 5.56 Å². The van der Waals surface area contributed by atoms with E-state index in [1.807, 2.05) is 0 Å². The zero-order valence-corrected chi connectivity index (χ0v) is 18.8. The number of aryl methyl sites for hydroxylation is 1. The van der Waals surface area contributed by atoms with Gasteiger partial charge in [0.15, 0.2) is 11.6 Å². The highest BCUT2D eigenvalue weighted by atomic mass is 35.5. The van der Waals surface area contributed by atoms with Crippen molar-refractivity contribution in [1.82, 2.24) is 34.5 Å². The fourth-order valence-corrected chi connectivity index (χ4v) is 3.83. The summed E-state index contributed by atoms with van der Waals surface area (Å²) in [6, 6.07) is 4.60. The SMILES string of the molecule is Cn1cc2cc(Nc3nc(=O)c(Cc4ncn[nH]4)cn3Cc3cc(F)c(F)cc3F)c(Cl)cc2n1. The van der Waals surface area contributed by atoms with Gasteiger partial charge in [-0.3, -0.25) is 14.6 Å². The van der Waals surface area contributed by atoms with Crippen LogP contribution in [0.25, 0.3) is 10.9 Å². The van der Waals surface area contributed by atoms with E-state index in [9.17, 15) is 18.0 Å². The maximum Gasteiger partial charge on any atom is 0.278 e. The number of rotatable bonds is 6. The van der Waals surface area contributed by atoms with Crippen molar-refractivity contribution in [3.63, 3.8) is 0 Å². The van der Waals surface area contributed by atoms with Gasteiger partial charge in [-0.1, -0.05) is 11.6 Å². The topological polar surface area (TPSA) is 106 Å². The molecule has 0 atom stereocenters.